The number of benzene rings is 3. The van der Waals surface area contributed by atoms with E-state index in [4.69, 9.17) is 35.3 Å². The van der Waals surface area contributed by atoms with Gasteiger partial charge in [0.15, 0.2) is 17.3 Å². The number of nitrogens with one attached hydrogen (secondary N) is 1. The quantitative estimate of drug-likeness (QED) is 0.133. The summed E-state index contributed by atoms with van der Waals surface area (Å²) >= 11 is 6.50. The lowest BCUT2D eigenvalue weighted by atomic mass is 9.80. The molecule has 6 rings (SSSR count). The van der Waals surface area contributed by atoms with Gasteiger partial charge < -0.3 is 29.0 Å². The molecule has 12 heteroatoms. The van der Waals surface area contributed by atoms with Crippen LogP contribution in [0.5, 0.6) is 11.5 Å². The van der Waals surface area contributed by atoms with Gasteiger partial charge in [0, 0.05) is 36.5 Å². The van der Waals surface area contributed by atoms with Crippen LogP contribution in [-0.4, -0.2) is 76.4 Å². The second kappa shape index (κ2) is 20.5. The van der Waals surface area contributed by atoms with Gasteiger partial charge in [-0.25, -0.2) is 9.59 Å². The molecular formula is C46H54ClN3O8. The summed E-state index contributed by atoms with van der Waals surface area (Å²) in [5.74, 6) is 0.344. The number of nitriles is 1. The molecule has 3 aromatic carbocycles. The lowest BCUT2D eigenvalue weighted by Gasteiger charge is -2.32. The number of Topliss-reactive ketones (excluding diaryl/α,β-unsaturated/α-hetero) is 1. The van der Waals surface area contributed by atoms with Crippen LogP contribution in [0.3, 0.4) is 0 Å². The second-order valence-electron chi connectivity index (χ2n) is 15.1. The summed E-state index contributed by atoms with van der Waals surface area (Å²) in [4.78, 5) is 41.4. The zero-order valence-electron chi connectivity index (χ0n) is 34.5. The molecule has 1 saturated heterocycles. The number of ketones is 1. The van der Waals surface area contributed by atoms with Crippen LogP contribution in [0.1, 0.15) is 85.5 Å². The van der Waals surface area contributed by atoms with Crippen LogP contribution in [0.4, 0.5) is 0 Å². The molecule has 0 amide bonds. The first-order valence-corrected chi connectivity index (χ1v) is 20.1. The highest BCUT2D eigenvalue weighted by Crippen LogP contribution is 2.43. The number of likely N-dealkylation sites (tertiary alicyclic amines) is 1. The molecule has 1 fully saturated rings. The Morgan fingerprint density at radius 2 is 1.57 bits per heavy atom. The van der Waals surface area contributed by atoms with E-state index in [1.165, 1.54) is 25.5 Å². The standard InChI is InChI=1S/C24H29NO3.C22H25ClN2O5/c1-27-22-14-19-13-20(24(26)21(19)15-23(22)28-2)12-17-8-10-25(11-9-17)16-18-6-4-3-5-7-18;1-12(2)30-22(27)18-14(4)25-13(3)17(21(26)29-10-9-28-5)19(18)16-8-6-7-15(11-24)20(16)23/h3-7,14-15,17,20H,8-13,16H2,1-2H3;6-8,12,19,25H,9-10H2,1-5H3/t;19-/m.1/s1. The molecule has 2 heterocycles. The van der Waals surface area contributed by atoms with E-state index in [1.807, 2.05) is 18.2 Å². The summed E-state index contributed by atoms with van der Waals surface area (Å²) in [7, 11) is 4.76. The predicted octanol–water partition coefficient (Wildman–Crippen LogP) is 7.95. The minimum atomic E-state index is -0.853. The Hall–Kier alpha value is -5.15. The number of rotatable bonds is 13. The third-order valence-corrected chi connectivity index (χ3v) is 11.2. The lowest BCUT2D eigenvalue weighted by Crippen LogP contribution is -2.34. The SMILES string of the molecule is COCCOC(=O)C1=C(C)NC(C)=C(C(=O)OC(C)C)[C@@H]1c1cccc(C#N)c1Cl.COc1cc2c(cc1OC)C(=O)C(CC1CCN(Cc3ccccc3)CC1)C2. The van der Waals surface area contributed by atoms with Crippen molar-refractivity contribution in [1.29, 1.82) is 5.26 Å². The van der Waals surface area contributed by atoms with Gasteiger partial charge in [-0.2, -0.15) is 5.26 Å². The van der Waals surface area contributed by atoms with Crippen LogP contribution in [0.15, 0.2) is 83.2 Å². The molecular weight excluding hydrogens is 758 g/mol. The maximum Gasteiger partial charge on any atom is 0.337 e. The first kappa shape index (κ1) is 44.0. The lowest BCUT2D eigenvalue weighted by molar-refractivity contribution is -0.143. The average molecular weight is 812 g/mol. The summed E-state index contributed by atoms with van der Waals surface area (Å²) in [5.41, 5.74) is 5.53. The molecule has 0 radical (unpaired) electrons. The van der Waals surface area contributed by atoms with Gasteiger partial charge in [-0.15, -0.1) is 0 Å². The van der Waals surface area contributed by atoms with Crippen LogP contribution in [-0.2, 0) is 36.8 Å². The zero-order valence-corrected chi connectivity index (χ0v) is 35.2. The van der Waals surface area contributed by atoms with Crippen molar-refractivity contribution in [3.05, 3.63) is 116 Å². The molecule has 2 atom stereocenters. The summed E-state index contributed by atoms with van der Waals surface area (Å²) in [6.45, 7) is 10.5. The van der Waals surface area contributed by atoms with E-state index in [0.29, 0.717) is 34.4 Å². The number of piperidine rings is 1. The smallest absolute Gasteiger partial charge is 0.337 e. The van der Waals surface area contributed by atoms with E-state index in [1.54, 1.807) is 60.1 Å². The van der Waals surface area contributed by atoms with Crippen molar-refractivity contribution in [2.75, 3.05) is 47.6 Å². The third kappa shape index (κ3) is 10.5. The highest BCUT2D eigenvalue weighted by molar-refractivity contribution is 6.32. The van der Waals surface area contributed by atoms with E-state index in [-0.39, 0.29) is 52.8 Å². The van der Waals surface area contributed by atoms with Crippen molar-refractivity contribution < 1.29 is 38.1 Å². The molecule has 11 nitrogen and oxygen atoms in total. The van der Waals surface area contributed by atoms with Crippen molar-refractivity contribution in [1.82, 2.24) is 10.2 Å². The Morgan fingerprint density at radius 1 is 0.914 bits per heavy atom. The fourth-order valence-electron chi connectivity index (χ4n) is 7.99. The maximum absolute atomic E-state index is 13.0. The molecule has 0 spiro atoms. The predicted molar refractivity (Wildman–Crippen MR) is 222 cm³/mol. The van der Waals surface area contributed by atoms with Gasteiger partial charge in [-0.3, -0.25) is 9.69 Å². The first-order valence-electron chi connectivity index (χ1n) is 19.7. The number of carbonyl (C=O) groups excluding carboxylic acids is 3. The van der Waals surface area contributed by atoms with E-state index in [0.717, 1.165) is 43.6 Å². The van der Waals surface area contributed by atoms with E-state index < -0.39 is 17.9 Å². The topological polar surface area (TPSA) is 136 Å². The molecule has 0 bridgehead atoms. The summed E-state index contributed by atoms with van der Waals surface area (Å²) in [6.07, 6.45) is 3.83. The third-order valence-electron chi connectivity index (χ3n) is 10.8. The molecule has 3 aromatic rings. The normalized spacial score (nSPS) is 18.2. The Morgan fingerprint density at radius 3 is 2.19 bits per heavy atom. The van der Waals surface area contributed by atoms with Crippen molar-refractivity contribution >= 4 is 29.3 Å². The molecule has 1 N–H and O–H groups in total. The molecule has 1 aliphatic carbocycles. The minimum absolute atomic E-state index is 0.0548. The van der Waals surface area contributed by atoms with Gasteiger partial charge in [0.1, 0.15) is 12.7 Å². The van der Waals surface area contributed by atoms with Crippen LogP contribution >= 0.6 is 11.6 Å². The second-order valence-corrected chi connectivity index (χ2v) is 15.5. The number of halogens is 1. The van der Waals surface area contributed by atoms with Crippen LogP contribution in [0.25, 0.3) is 0 Å². The molecule has 0 saturated carbocycles. The van der Waals surface area contributed by atoms with Gasteiger partial charge in [0.2, 0.25) is 0 Å². The van der Waals surface area contributed by atoms with Gasteiger partial charge in [0.25, 0.3) is 0 Å². The Kier molecular flexibility index (Phi) is 15.5. The summed E-state index contributed by atoms with van der Waals surface area (Å²) < 4.78 is 26.5. The number of allylic oxidation sites excluding steroid dienone is 2. The average Bonchev–Trinajstić information content (AvgIpc) is 3.51. The highest BCUT2D eigenvalue weighted by Gasteiger charge is 2.40. The van der Waals surface area contributed by atoms with Crippen molar-refractivity contribution in [2.45, 2.75) is 71.9 Å². The number of fused-ring (bicyclic) bond motifs is 1. The fraction of sp³-hybridized carbons (Fsp3) is 0.435. The zero-order chi connectivity index (χ0) is 41.9. The van der Waals surface area contributed by atoms with Crippen molar-refractivity contribution in [3.8, 4) is 17.6 Å². The monoisotopic (exact) mass is 811 g/mol. The largest absolute Gasteiger partial charge is 0.493 e. The highest BCUT2D eigenvalue weighted by atomic mass is 35.5. The molecule has 3 aliphatic rings. The van der Waals surface area contributed by atoms with Gasteiger partial charge >= 0.3 is 11.9 Å². The number of hydrogen-bond acceptors (Lipinski definition) is 11. The number of carbonyl (C=O) groups is 3. The van der Waals surface area contributed by atoms with E-state index in [9.17, 15) is 19.6 Å². The summed E-state index contributed by atoms with van der Waals surface area (Å²) in [5, 5.41) is 12.6. The number of esters is 2. The minimum Gasteiger partial charge on any atom is -0.493 e. The molecule has 1 unspecified atom stereocenters. The fourth-order valence-corrected chi connectivity index (χ4v) is 8.27. The summed E-state index contributed by atoms with van der Waals surface area (Å²) in [6, 6.07) is 21.5. The van der Waals surface area contributed by atoms with Crippen LogP contribution in [0.2, 0.25) is 5.02 Å². The van der Waals surface area contributed by atoms with Gasteiger partial charge in [0.05, 0.1) is 54.6 Å². The Balaban J connectivity index is 0.000000221. The molecule has 58 heavy (non-hydrogen) atoms. The first-order chi connectivity index (χ1) is 27.9. The molecule has 2 aliphatic heterocycles. The number of nitrogens with zero attached hydrogens (tertiary/aromatic N) is 2. The van der Waals surface area contributed by atoms with Crippen LogP contribution in [0, 0.1) is 23.2 Å². The van der Waals surface area contributed by atoms with E-state index >= 15 is 0 Å². The van der Waals surface area contributed by atoms with Gasteiger partial charge in [-0.1, -0.05) is 54.1 Å². The number of ether oxygens (including phenoxy) is 5. The molecule has 308 valence electrons. The van der Waals surface area contributed by atoms with Crippen molar-refractivity contribution in [2.24, 2.45) is 11.8 Å². The Labute approximate surface area is 346 Å². The number of dihydropyridines is 1. The van der Waals surface area contributed by atoms with E-state index in [2.05, 4.69) is 40.5 Å². The maximum atomic E-state index is 13.0. The Bertz CT molecular complexity index is 2060. The number of hydrogen-bond donors (Lipinski definition) is 1. The number of methoxy groups -OCH3 is 3. The van der Waals surface area contributed by atoms with Crippen molar-refractivity contribution in [3.63, 3.8) is 0 Å². The molecule has 0 aromatic heterocycles. The van der Waals surface area contributed by atoms with Crippen LogP contribution < -0.4 is 14.8 Å². The van der Waals surface area contributed by atoms with Gasteiger partial charge in [-0.05, 0) is 107 Å².